The minimum atomic E-state index is -0.555. The van der Waals surface area contributed by atoms with Gasteiger partial charge in [0.15, 0.2) is 0 Å². The average molecular weight is 493 g/mol. The lowest BCUT2D eigenvalue weighted by Gasteiger charge is -2.29. The van der Waals surface area contributed by atoms with Gasteiger partial charge in [-0.2, -0.15) is 0 Å². The Morgan fingerprint density at radius 2 is 1.80 bits per heavy atom. The van der Waals surface area contributed by atoms with Crippen LogP contribution in [-0.4, -0.2) is 41.7 Å². The molecule has 2 rings (SSSR count). The number of benzene rings is 2. The van der Waals surface area contributed by atoms with Crippen LogP contribution in [0.1, 0.15) is 31.9 Å². The number of ether oxygens (including phenoxy) is 1. The van der Waals surface area contributed by atoms with Crippen molar-refractivity contribution in [2.45, 2.75) is 45.2 Å². The third-order valence-electron chi connectivity index (χ3n) is 4.49. The Labute approximate surface area is 191 Å². The zero-order valence-electron chi connectivity index (χ0n) is 17.9. The molecule has 1 N–H and O–H groups in total. The van der Waals surface area contributed by atoms with Gasteiger partial charge in [-0.05, 0) is 56.2 Å². The maximum atomic E-state index is 13.0. The molecule has 0 aliphatic heterocycles. The van der Waals surface area contributed by atoms with E-state index in [1.807, 2.05) is 62.4 Å². The fraction of sp³-hybridized carbons (Fsp3) is 0.391. The monoisotopic (exact) mass is 492 g/mol. The van der Waals surface area contributed by atoms with Crippen LogP contribution in [0.5, 0.6) is 5.75 Å². The molecule has 5 nitrogen and oxygen atoms in total. The number of nitrogens with one attached hydrogen (secondary N) is 1. The molecule has 0 spiro atoms. The topological polar surface area (TPSA) is 58.6 Å². The van der Waals surface area contributed by atoms with Crippen LogP contribution in [0.2, 0.25) is 0 Å². The van der Waals surface area contributed by atoms with E-state index in [9.17, 15) is 9.59 Å². The van der Waals surface area contributed by atoms with Crippen LogP contribution < -0.4 is 10.1 Å². The van der Waals surface area contributed by atoms with Crippen LogP contribution in [-0.2, 0) is 21.9 Å². The molecular formula is C23H29BrN2O3S. The molecule has 0 fully saturated rings. The molecule has 2 aromatic carbocycles. The number of nitrogens with zero attached hydrogens (tertiary/aromatic N) is 1. The van der Waals surface area contributed by atoms with Gasteiger partial charge in [-0.15, -0.1) is 11.8 Å². The summed E-state index contributed by atoms with van der Waals surface area (Å²) in [5, 5.41) is 2.91. The fourth-order valence-corrected chi connectivity index (χ4v) is 4.20. The molecular weight excluding hydrogens is 464 g/mol. The molecule has 7 heteroatoms. The number of hydrogen-bond acceptors (Lipinski definition) is 4. The zero-order valence-corrected chi connectivity index (χ0v) is 20.3. The summed E-state index contributed by atoms with van der Waals surface area (Å²) in [5.74, 6) is 1.63. The van der Waals surface area contributed by atoms with Gasteiger partial charge in [0.25, 0.3) is 0 Å². The minimum absolute atomic E-state index is 0.0206. The Morgan fingerprint density at radius 3 is 2.40 bits per heavy atom. The molecule has 2 amide bonds. The maximum Gasteiger partial charge on any atom is 0.242 e. The van der Waals surface area contributed by atoms with E-state index in [1.54, 1.807) is 18.9 Å². The normalized spacial score (nSPS) is 11.8. The van der Waals surface area contributed by atoms with Gasteiger partial charge >= 0.3 is 0 Å². The van der Waals surface area contributed by atoms with Crippen LogP contribution >= 0.6 is 27.7 Å². The van der Waals surface area contributed by atoms with E-state index < -0.39 is 6.04 Å². The second kappa shape index (κ2) is 12.0. The predicted molar refractivity (Wildman–Crippen MR) is 127 cm³/mol. The van der Waals surface area contributed by atoms with Crippen LogP contribution in [0.25, 0.3) is 0 Å². The summed E-state index contributed by atoms with van der Waals surface area (Å²) >= 11 is 5.01. The summed E-state index contributed by atoms with van der Waals surface area (Å²) in [6.45, 7) is 5.99. The lowest BCUT2D eigenvalue weighted by atomic mass is 10.1. The number of amides is 2. The van der Waals surface area contributed by atoms with E-state index >= 15 is 0 Å². The number of rotatable bonds is 10. The van der Waals surface area contributed by atoms with Crippen molar-refractivity contribution in [2.24, 2.45) is 0 Å². The Hall–Kier alpha value is -1.99. The Balaban J connectivity index is 2.05. The summed E-state index contributed by atoms with van der Waals surface area (Å²) < 4.78 is 6.12. The second-order valence-electron chi connectivity index (χ2n) is 7.33. The van der Waals surface area contributed by atoms with Crippen LogP contribution in [0.15, 0.2) is 53.0 Å². The Bertz CT molecular complexity index is 843. The molecule has 0 radical (unpaired) electrons. The highest BCUT2D eigenvalue weighted by molar-refractivity contribution is 9.10. The van der Waals surface area contributed by atoms with Gasteiger partial charge in [-0.25, -0.2) is 0 Å². The van der Waals surface area contributed by atoms with E-state index in [0.29, 0.717) is 18.1 Å². The number of methoxy groups -OCH3 is 1. The molecule has 162 valence electrons. The van der Waals surface area contributed by atoms with Crippen molar-refractivity contribution in [1.82, 2.24) is 10.2 Å². The zero-order chi connectivity index (χ0) is 22.1. The van der Waals surface area contributed by atoms with Crippen molar-refractivity contribution in [2.75, 3.05) is 12.9 Å². The fourth-order valence-electron chi connectivity index (χ4n) is 2.88. The third kappa shape index (κ3) is 7.69. The molecule has 0 aliphatic carbocycles. The molecule has 0 heterocycles. The number of carbonyl (C=O) groups is 2. The molecule has 0 unspecified atom stereocenters. The summed E-state index contributed by atoms with van der Waals surface area (Å²) in [7, 11) is 1.64. The summed E-state index contributed by atoms with van der Waals surface area (Å²) in [4.78, 5) is 27.3. The first-order valence-electron chi connectivity index (χ1n) is 9.85. The first-order valence-corrected chi connectivity index (χ1v) is 11.8. The van der Waals surface area contributed by atoms with E-state index in [-0.39, 0.29) is 17.9 Å². The smallest absolute Gasteiger partial charge is 0.242 e. The summed E-state index contributed by atoms with van der Waals surface area (Å²) in [5.41, 5.74) is 2.10. The highest BCUT2D eigenvalue weighted by atomic mass is 79.9. The lowest BCUT2D eigenvalue weighted by Crippen LogP contribution is -2.49. The van der Waals surface area contributed by atoms with Crippen LogP contribution in [0, 0.1) is 0 Å². The summed E-state index contributed by atoms with van der Waals surface area (Å²) in [6.07, 6.45) is 0. The first-order chi connectivity index (χ1) is 14.3. The largest absolute Gasteiger partial charge is 0.497 e. The SMILES string of the molecule is COc1ccc(CSCC(=O)N(Cc2cccc(Br)c2)[C@@H](C)C(=O)NC(C)C)cc1. The lowest BCUT2D eigenvalue weighted by molar-refractivity contribution is -0.138. The molecule has 0 saturated heterocycles. The van der Waals surface area contributed by atoms with Gasteiger partial charge in [0, 0.05) is 22.8 Å². The van der Waals surface area contributed by atoms with Gasteiger partial charge in [0.2, 0.25) is 11.8 Å². The van der Waals surface area contributed by atoms with E-state index in [2.05, 4.69) is 21.2 Å². The minimum Gasteiger partial charge on any atom is -0.497 e. The molecule has 2 aromatic rings. The predicted octanol–water partition coefficient (Wildman–Crippen LogP) is 4.63. The van der Waals surface area contributed by atoms with Crippen molar-refractivity contribution < 1.29 is 14.3 Å². The van der Waals surface area contributed by atoms with Crippen molar-refractivity contribution in [3.63, 3.8) is 0 Å². The number of hydrogen-bond donors (Lipinski definition) is 1. The van der Waals surface area contributed by atoms with Gasteiger partial charge in [0.05, 0.1) is 12.9 Å². The first kappa shape index (κ1) is 24.3. The number of thioether (sulfide) groups is 1. The highest BCUT2D eigenvalue weighted by Gasteiger charge is 2.26. The second-order valence-corrected chi connectivity index (χ2v) is 9.23. The molecule has 0 saturated carbocycles. The third-order valence-corrected chi connectivity index (χ3v) is 5.98. The quantitative estimate of drug-likeness (QED) is 0.524. The van der Waals surface area contributed by atoms with E-state index in [0.717, 1.165) is 21.3 Å². The van der Waals surface area contributed by atoms with Gasteiger partial charge < -0.3 is 15.0 Å². The molecule has 0 aliphatic rings. The van der Waals surface area contributed by atoms with E-state index in [4.69, 9.17) is 4.74 Å². The number of carbonyl (C=O) groups excluding carboxylic acids is 2. The van der Waals surface area contributed by atoms with Crippen molar-refractivity contribution in [1.29, 1.82) is 0 Å². The molecule has 0 bridgehead atoms. The van der Waals surface area contributed by atoms with Gasteiger partial charge in [0.1, 0.15) is 11.8 Å². The Morgan fingerprint density at radius 1 is 1.10 bits per heavy atom. The van der Waals surface area contributed by atoms with E-state index in [1.165, 1.54) is 11.8 Å². The summed E-state index contributed by atoms with van der Waals surface area (Å²) in [6, 6.07) is 15.1. The maximum absolute atomic E-state index is 13.0. The van der Waals surface area contributed by atoms with Gasteiger partial charge in [-0.1, -0.05) is 40.2 Å². The highest BCUT2D eigenvalue weighted by Crippen LogP contribution is 2.19. The standard InChI is InChI=1S/C23H29BrN2O3S/c1-16(2)25-23(28)17(3)26(13-19-6-5-7-20(24)12-19)22(27)15-30-14-18-8-10-21(29-4)11-9-18/h5-12,16-17H,13-15H2,1-4H3,(H,25,28)/t17-/m0/s1. The van der Waals surface area contributed by atoms with Crippen molar-refractivity contribution >= 4 is 39.5 Å². The van der Waals surface area contributed by atoms with Crippen LogP contribution in [0.4, 0.5) is 0 Å². The molecule has 0 aromatic heterocycles. The van der Waals surface area contributed by atoms with Crippen molar-refractivity contribution in [3.05, 3.63) is 64.1 Å². The molecule has 1 atom stereocenters. The molecule has 30 heavy (non-hydrogen) atoms. The Kier molecular flexibility index (Phi) is 9.72. The van der Waals surface area contributed by atoms with Crippen molar-refractivity contribution in [3.8, 4) is 5.75 Å². The number of halogens is 1. The van der Waals surface area contributed by atoms with Gasteiger partial charge in [-0.3, -0.25) is 9.59 Å². The average Bonchev–Trinajstić information content (AvgIpc) is 2.71. The van der Waals surface area contributed by atoms with Crippen LogP contribution in [0.3, 0.4) is 0 Å².